The van der Waals surface area contributed by atoms with Crippen LogP contribution in [0.3, 0.4) is 0 Å². The molecule has 0 bridgehead atoms. The van der Waals surface area contributed by atoms with E-state index in [9.17, 15) is 0 Å². The summed E-state index contributed by atoms with van der Waals surface area (Å²) < 4.78 is 22.1. The molecule has 67 heavy (non-hydrogen) atoms. The van der Waals surface area contributed by atoms with E-state index in [0.717, 1.165) is 74.4 Å². The minimum absolute atomic E-state index is 0.716. The third-order valence-corrected chi connectivity index (χ3v) is 13.9. The number of aryl methyl sites for hydroxylation is 4. The van der Waals surface area contributed by atoms with Crippen LogP contribution in [0.15, 0.2) is 133 Å². The largest absolute Gasteiger partial charge is 0.453 e. The van der Waals surface area contributed by atoms with Gasteiger partial charge in [0.1, 0.15) is 11.5 Å². The molecule has 0 fully saturated rings. The van der Waals surface area contributed by atoms with Gasteiger partial charge < -0.3 is 14.2 Å². The van der Waals surface area contributed by atoms with Crippen LogP contribution >= 0.6 is 0 Å². The van der Waals surface area contributed by atoms with Gasteiger partial charge in [0.05, 0.1) is 0 Å². The van der Waals surface area contributed by atoms with Gasteiger partial charge in [-0.25, -0.2) is 0 Å². The Balaban J connectivity index is 1.47. The number of ether oxygens (including phenoxy) is 3. The summed E-state index contributed by atoms with van der Waals surface area (Å²) in [6.45, 7) is 9.20. The van der Waals surface area contributed by atoms with Crippen LogP contribution in [-0.2, 0) is 25.7 Å². The summed E-state index contributed by atoms with van der Waals surface area (Å²) in [7, 11) is 0. The van der Waals surface area contributed by atoms with Crippen molar-refractivity contribution in [3.63, 3.8) is 0 Å². The Kier molecular flexibility index (Phi) is 17.3. The Morgan fingerprint density at radius 2 is 0.582 bits per heavy atom. The Morgan fingerprint density at radius 3 is 0.925 bits per heavy atom. The molecule has 0 radical (unpaired) electrons. The highest BCUT2D eigenvalue weighted by atomic mass is 16.5. The van der Waals surface area contributed by atoms with Gasteiger partial charge in [-0.2, -0.15) is 0 Å². The molecule has 0 aliphatic carbocycles. The van der Waals surface area contributed by atoms with E-state index in [-0.39, 0.29) is 0 Å². The van der Waals surface area contributed by atoms with Crippen LogP contribution in [0, 0.1) is 0 Å². The molecule has 8 aromatic carbocycles. The number of benzene rings is 8. The summed E-state index contributed by atoms with van der Waals surface area (Å²) >= 11 is 0. The zero-order valence-corrected chi connectivity index (χ0v) is 41.1. The third-order valence-electron chi connectivity index (χ3n) is 13.9. The first-order valence-corrected chi connectivity index (χ1v) is 26.3. The summed E-state index contributed by atoms with van der Waals surface area (Å²) in [4.78, 5) is 0. The standard InChI is InChI=1S/C64H74O3/c1-5-9-13-23-35-53-49-37-27-29-39-51(49)55(41-25-15-11-7-3)61-57(53)43-45-59(65-47-31-19-17-20-32-47)63(61)67-64-60(66-48-33-21-18-22-34-48)46-44-58-54(36-24-14-10-6-2)50-38-28-30-40-52(50)56(62(58)64)42-26-16-12-8-4/h17-22,27-34,37-40,43-46H,5-16,23-26,35-36,41-42H2,1-4H3. The van der Waals surface area contributed by atoms with Crippen molar-refractivity contribution in [3.05, 3.63) is 156 Å². The summed E-state index contributed by atoms with van der Waals surface area (Å²) in [5.41, 5.74) is 5.51. The predicted molar refractivity (Wildman–Crippen MR) is 287 cm³/mol. The highest BCUT2D eigenvalue weighted by molar-refractivity contribution is 6.11. The van der Waals surface area contributed by atoms with E-state index in [1.54, 1.807) is 0 Å². The molecule has 3 nitrogen and oxygen atoms in total. The lowest BCUT2D eigenvalue weighted by atomic mass is 9.86. The van der Waals surface area contributed by atoms with E-state index in [1.807, 2.05) is 60.7 Å². The second kappa shape index (κ2) is 24.3. The molecular weight excluding hydrogens is 817 g/mol. The average Bonchev–Trinajstić information content (AvgIpc) is 3.36. The van der Waals surface area contributed by atoms with Crippen LogP contribution in [0.1, 0.15) is 153 Å². The first-order valence-electron chi connectivity index (χ1n) is 26.3. The van der Waals surface area contributed by atoms with E-state index in [1.165, 1.54) is 142 Å². The first-order chi connectivity index (χ1) is 33.1. The van der Waals surface area contributed by atoms with Crippen LogP contribution in [-0.4, -0.2) is 0 Å². The maximum absolute atomic E-state index is 7.99. The van der Waals surface area contributed by atoms with Crippen LogP contribution in [0.2, 0.25) is 0 Å². The van der Waals surface area contributed by atoms with E-state index in [2.05, 4.69) is 100 Å². The number of hydrogen-bond acceptors (Lipinski definition) is 3. The van der Waals surface area contributed by atoms with Crippen LogP contribution in [0.25, 0.3) is 43.1 Å². The minimum Gasteiger partial charge on any atom is -0.453 e. The summed E-state index contributed by atoms with van der Waals surface area (Å²) in [5.74, 6) is 4.54. The van der Waals surface area contributed by atoms with Gasteiger partial charge in [-0.1, -0.05) is 202 Å². The maximum atomic E-state index is 7.99. The summed E-state index contributed by atoms with van der Waals surface area (Å²) in [6, 6.07) is 47.9. The second-order valence-electron chi connectivity index (χ2n) is 18.8. The van der Waals surface area contributed by atoms with Crippen molar-refractivity contribution in [2.45, 2.75) is 156 Å². The quantitative estimate of drug-likeness (QED) is 0.0400. The normalized spacial score (nSPS) is 11.6. The smallest absolute Gasteiger partial charge is 0.178 e. The van der Waals surface area contributed by atoms with E-state index < -0.39 is 0 Å². The summed E-state index contributed by atoms with van der Waals surface area (Å²) in [6.07, 6.45) is 23.0. The fourth-order valence-corrected chi connectivity index (χ4v) is 10.5. The molecule has 0 N–H and O–H groups in total. The highest BCUT2D eigenvalue weighted by Gasteiger charge is 2.26. The lowest BCUT2D eigenvalue weighted by Crippen LogP contribution is -2.03. The van der Waals surface area contributed by atoms with Crippen molar-refractivity contribution in [2.24, 2.45) is 0 Å². The lowest BCUT2D eigenvalue weighted by Gasteiger charge is -2.25. The molecule has 0 atom stereocenters. The Labute approximate surface area is 401 Å². The van der Waals surface area contributed by atoms with Gasteiger partial charge in [0.2, 0.25) is 0 Å². The van der Waals surface area contributed by atoms with Crippen molar-refractivity contribution in [1.29, 1.82) is 0 Å². The minimum atomic E-state index is 0.716. The van der Waals surface area contributed by atoms with Crippen LogP contribution in [0.4, 0.5) is 0 Å². The van der Waals surface area contributed by atoms with Gasteiger partial charge in [-0.05, 0) is 142 Å². The molecule has 0 aliphatic rings. The molecule has 0 heterocycles. The molecule has 0 saturated heterocycles. The molecule has 0 aliphatic heterocycles. The molecule has 8 aromatic rings. The third kappa shape index (κ3) is 11.3. The van der Waals surface area contributed by atoms with E-state index >= 15 is 0 Å². The molecular formula is C64H74O3. The van der Waals surface area contributed by atoms with Gasteiger partial charge >= 0.3 is 0 Å². The van der Waals surface area contributed by atoms with Crippen LogP contribution in [0.5, 0.6) is 34.5 Å². The Bertz CT molecular complexity index is 2630. The zero-order chi connectivity index (χ0) is 46.2. The first kappa shape index (κ1) is 47.7. The molecule has 8 rings (SSSR count). The number of unbranched alkanes of at least 4 members (excludes halogenated alkanes) is 12. The Morgan fingerprint density at radius 1 is 0.269 bits per heavy atom. The van der Waals surface area contributed by atoms with E-state index in [4.69, 9.17) is 14.2 Å². The van der Waals surface area contributed by atoms with Crippen molar-refractivity contribution < 1.29 is 14.2 Å². The highest BCUT2D eigenvalue weighted by Crippen LogP contribution is 2.52. The molecule has 0 spiro atoms. The van der Waals surface area contributed by atoms with Gasteiger partial charge in [0, 0.05) is 10.8 Å². The molecule has 0 aromatic heterocycles. The maximum Gasteiger partial charge on any atom is 0.178 e. The summed E-state index contributed by atoms with van der Waals surface area (Å²) in [5, 5.41) is 10.3. The monoisotopic (exact) mass is 891 g/mol. The number of rotatable bonds is 26. The SMILES string of the molecule is CCCCCCc1c2ccccc2c(CCCCCC)c2c(Oc3c(Oc4ccccc4)ccc4c(CCCCCC)c5ccccc5c(CCCCCC)c34)c(Oc3ccccc3)ccc12. The molecule has 0 saturated carbocycles. The predicted octanol–water partition coefficient (Wildman–Crippen LogP) is 20.2. The van der Waals surface area contributed by atoms with Crippen molar-refractivity contribution in [2.75, 3.05) is 0 Å². The zero-order valence-electron chi connectivity index (χ0n) is 41.1. The van der Waals surface area contributed by atoms with Gasteiger partial charge in [-0.15, -0.1) is 0 Å². The van der Waals surface area contributed by atoms with Crippen molar-refractivity contribution >= 4 is 43.1 Å². The lowest BCUT2D eigenvalue weighted by molar-refractivity contribution is 0.400. The average molecular weight is 891 g/mol. The number of fused-ring (bicyclic) bond motifs is 4. The number of hydrogen-bond donors (Lipinski definition) is 0. The van der Waals surface area contributed by atoms with Gasteiger partial charge in [0.15, 0.2) is 23.0 Å². The number of para-hydroxylation sites is 2. The van der Waals surface area contributed by atoms with Crippen molar-refractivity contribution in [3.8, 4) is 34.5 Å². The van der Waals surface area contributed by atoms with E-state index in [0.29, 0.717) is 11.5 Å². The fourth-order valence-electron chi connectivity index (χ4n) is 10.5. The van der Waals surface area contributed by atoms with Crippen LogP contribution < -0.4 is 14.2 Å². The molecule has 0 unspecified atom stereocenters. The topological polar surface area (TPSA) is 27.7 Å². The molecule has 0 amide bonds. The van der Waals surface area contributed by atoms with Gasteiger partial charge in [0.25, 0.3) is 0 Å². The molecule has 3 heteroatoms. The second-order valence-corrected chi connectivity index (χ2v) is 18.8. The van der Waals surface area contributed by atoms with Gasteiger partial charge in [-0.3, -0.25) is 0 Å². The molecule has 348 valence electrons. The fraction of sp³-hybridized carbons (Fsp3) is 0.375. The van der Waals surface area contributed by atoms with Crippen molar-refractivity contribution in [1.82, 2.24) is 0 Å². The Hall–Kier alpha value is -5.80.